The highest BCUT2D eigenvalue weighted by Crippen LogP contribution is 2.12. The van der Waals surface area contributed by atoms with Gasteiger partial charge in [0.15, 0.2) is 0 Å². The highest BCUT2D eigenvalue weighted by Gasteiger charge is 2.15. The van der Waals surface area contributed by atoms with Crippen LogP contribution in [0, 0.1) is 6.92 Å². The first-order valence-electron chi connectivity index (χ1n) is 3.98. The summed E-state index contributed by atoms with van der Waals surface area (Å²) >= 11 is 0. The van der Waals surface area contributed by atoms with E-state index >= 15 is 0 Å². The average Bonchev–Trinajstić information content (AvgIpc) is 2.31. The molecule has 5 nitrogen and oxygen atoms in total. The third-order valence-corrected chi connectivity index (χ3v) is 1.98. The van der Waals surface area contributed by atoms with Crippen LogP contribution >= 0.6 is 0 Å². The lowest BCUT2D eigenvalue weighted by Gasteiger charge is -2.09. The number of aromatic nitrogens is 2. The Labute approximate surface area is 76.2 Å². The number of hydrogen-bond donors (Lipinski definition) is 2. The maximum absolute atomic E-state index is 10.4. The van der Waals surface area contributed by atoms with E-state index in [1.807, 2.05) is 14.0 Å². The molecule has 1 unspecified atom stereocenters. The summed E-state index contributed by atoms with van der Waals surface area (Å²) in [5.41, 5.74) is 6.61. The van der Waals surface area contributed by atoms with Gasteiger partial charge in [0.1, 0.15) is 5.82 Å². The molecular formula is C8H13N3O2. The second-order valence-corrected chi connectivity index (χ2v) is 3.02. The molecule has 0 fully saturated rings. The van der Waals surface area contributed by atoms with Gasteiger partial charge in [0.25, 0.3) is 0 Å². The van der Waals surface area contributed by atoms with E-state index < -0.39 is 12.0 Å². The van der Waals surface area contributed by atoms with Crippen LogP contribution in [0.5, 0.6) is 0 Å². The summed E-state index contributed by atoms with van der Waals surface area (Å²) in [5, 5.41) is 8.53. The average molecular weight is 183 g/mol. The summed E-state index contributed by atoms with van der Waals surface area (Å²) in [6.07, 6.45) is 1.58. The Hall–Kier alpha value is -1.36. The van der Waals surface area contributed by atoms with Gasteiger partial charge in [0, 0.05) is 18.9 Å². The van der Waals surface area contributed by atoms with Crippen LogP contribution in [0.3, 0.4) is 0 Å². The van der Waals surface area contributed by atoms with Crippen LogP contribution in [0.1, 0.15) is 24.0 Å². The van der Waals surface area contributed by atoms with Crippen molar-refractivity contribution in [3.8, 4) is 0 Å². The van der Waals surface area contributed by atoms with E-state index in [1.165, 1.54) is 0 Å². The number of rotatable bonds is 3. The largest absolute Gasteiger partial charge is 0.481 e. The fourth-order valence-corrected chi connectivity index (χ4v) is 1.14. The second-order valence-electron chi connectivity index (χ2n) is 3.02. The molecule has 0 saturated carbocycles. The third kappa shape index (κ3) is 2.06. The van der Waals surface area contributed by atoms with Crippen molar-refractivity contribution in [1.82, 2.24) is 9.55 Å². The van der Waals surface area contributed by atoms with Gasteiger partial charge in [-0.25, -0.2) is 4.98 Å². The number of aryl methyl sites for hydroxylation is 1. The minimum absolute atomic E-state index is 0.0930. The minimum atomic E-state index is -0.909. The molecule has 0 saturated heterocycles. The summed E-state index contributed by atoms with van der Waals surface area (Å²) in [7, 11) is 1.82. The number of carboxylic acids is 1. The molecule has 0 amide bonds. The van der Waals surface area contributed by atoms with Crippen LogP contribution in [0.15, 0.2) is 6.20 Å². The Balaban J connectivity index is 2.82. The maximum Gasteiger partial charge on any atom is 0.305 e. The molecule has 1 aromatic heterocycles. The first-order chi connectivity index (χ1) is 6.02. The Bertz CT molecular complexity index is 319. The first-order valence-corrected chi connectivity index (χ1v) is 3.98. The predicted octanol–water partition coefficient (Wildman–Crippen LogP) is 0.203. The van der Waals surface area contributed by atoms with Gasteiger partial charge in [-0.2, -0.15) is 0 Å². The van der Waals surface area contributed by atoms with Gasteiger partial charge < -0.3 is 15.4 Å². The fourth-order valence-electron chi connectivity index (χ4n) is 1.14. The van der Waals surface area contributed by atoms with Crippen molar-refractivity contribution in [3.05, 3.63) is 17.7 Å². The number of aliphatic carboxylic acids is 1. The number of carbonyl (C=O) groups is 1. The Morgan fingerprint density at radius 3 is 2.85 bits per heavy atom. The van der Waals surface area contributed by atoms with Gasteiger partial charge in [-0.1, -0.05) is 0 Å². The molecule has 3 N–H and O–H groups in total. The van der Waals surface area contributed by atoms with Gasteiger partial charge >= 0.3 is 5.97 Å². The predicted molar refractivity (Wildman–Crippen MR) is 47.1 cm³/mol. The Morgan fingerprint density at radius 2 is 2.46 bits per heavy atom. The van der Waals surface area contributed by atoms with Crippen LogP contribution in [0.2, 0.25) is 0 Å². The molecule has 0 aliphatic carbocycles. The molecule has 72 valence electrons. The number of nitrogens with two attached hydrogens (primary N) is 1. The second kappa shape index (κ2) is 3.57. The molecule has 0 aromatic carbocycles. The molecule has 0 aliphatic heterocycles. The van der Waals surface area contributed by atoms with Crippen molar-refractivity contribution in [2.75, 3.05) is 0 Å². The van der Waals surface area contributed by atoms with Gasteiger partial charge in [-0.05, 0) is 6.92 Å². The van der Waals surface area contributed by atoms with Crippen LogP contribution in [-0.2, 0) is 11.8 Å². The standard InChI is InChI=1S/C8H13N3O2/c1-5-4-10-8(11(5)2)6(9)3-7(12)13/h4,6H,3,9H2,1-2H3,(H,12,13). The molecule has 1 heterocycles. The molecular weight excluding hydrogens is 170 g/mol. The van der Waals surface area contributed by atoms with Gasteiger partial charge in [0.05, 0.1) is 12.5 Å². The molecule has 5 heteroatoms. The van der Waals surface area contributed by atoms with Gasteiger partial charge in [-0.15, -0.1) is 0 Å². The molecule has 0 aliphatic rings. The molecule has 1 atom stereocenters. The maximum atomic E-state index is 10.4. The van der Waals surface area contributed by atoms with Crippen molar-refractivity contribution in [2.45, 2.75) is 19.4 Å². The summed E-state index contributed by atoms with van der Waals surface area (Å²) in [5.74, 6) is -0.298. The van der Waals surface area contributed by atoms with Gasteiger partial charge in [-0.3, -0.25) is 4.79 Å². The quantitative estimate of drug-likeness (QED) is 0.701. The van der Waals surface area contributed by atoms with Crippen LogP contribution in [-0.4, -0.2) is 20.6 Å². The topological polar surface area (TPSA) is 81.1 Å². The van der Waals surface area contributed by atoms with E-state index in [0.29, 0.717) is 5.82 Å². The highest BCUT2D eigenvalue weighted by atomic mass is 16.4. The van der Waals surface area contributed by atoms with Gasteiger partial charge in [0.2, 0.25) is 0 Å². The lowest BCUT2D eigenvalue weighted by Crippen LogP contribution is -2.19. The van der Waals surface area contributed by atoms with Crippen molar-refractivity contribution < 1.29 is 9.90 Å². The normalized spacial score (nSPS) is 12.8. The smallest absolute Gasteiger partial charge is 0.305 e. The molecule has 0 radical (unpaired) electrons. The van der Waals surface area contributed by atoms with E-state index in [-0.39, 0.29) is 6.42 Å². The van der Waals surface area contributed by atoms with E-state index in [0.717, 1.165) is 5.69 Å². The van der Waals surface area contributed by atoms with Crippen LogP contribution in [0.4, 0.5) is 0 Å². The lowest BCUT2D eigenvalue weighted by molar-refractivity contribution is -0.137. The van der Waals surface area contributed by atoms with Crippen LogP contribution < -0.4 is 5.73 Å². The Morgan fingerprint density at radius 1 is 1.85 bits per heavy atom. The fraction of sp³-hybridized carbons (Fsp3) is 0.500. The van der Waals surface area contributed by atoms with Crippen molar-refractivity contribution in [2.24, 2.45) is 12.8 Å². The number of hydrogen-bond acceptors (Lipinski definition) is 3. The van der Waals surface area contributed by atoms with Crippen molar-refractivity contribution in [3.63, 3.8) is 0 Å². The molecule has 1 rings (SSSR count). The number of nitrogens with zero attached hydrogens (tertiary/aromatic N) is 2. The van der Waals surface area contributed by atoms with Crippen molar-refractivity contribution >= 4 is 5.97 Å². The van der Waals surface area contributed by atoms with E-state index in [9.17, 15) is 4.79 Å². The zero-order valence-corrected chi connectivity index (χ0v) is 7.69. The van der Waals surface area contributed by atoms with E-state index in [1.54, 1.807) is 10.8 Å². The summed E-state index contributed by atoms with van der Waals surface area (Å²) in [6.45, 7) is 1.89. The zero-order valence-electron chi connectivity index (χ0n) is 7.69. The zero-order chi connectivity index (χ0) is 10.0. The summed E-state index contributed by atoms with van der Waals surface area (Å²) < 4.78 is 1.80. The first kappa shape index (κ1) is 9.73. The Kier molecular flexibility index (Phi) is 2.67. The number of imidazole rings is 1. The monoisotopic (exact) mass is 183 g/mol. The SMILES string of the molecule is Cc1cnc(C(N)CC(=O)O)n1C. The summed E-state index contributed by atoms with van der Waals surface area (Å²) in [4.78, 5) is 14.4. The molecule has 1 aromatic rings. The van der Waals surface area contributed by atoms with Crippen molar-refractivity contribution in [1.29, 1.82) is 0 Å². The molecule has 0 bridgehead atoms. The molecule has 13 heavy (non-hydrogen) atoms. The van der Waals surface area contributed by atoms with Crippen LogP contribution in [0.25, 0.3) is 0 Å². The van der Waals surface area contributed by atoms with E-state index in [2.05, 4.69) is 4.98 Å². The summed E-state index contributed by atoms with van der Waals surface area (Å²) in [6, 6.07) is -0.531. The third-order valence-electron chi connectivity index (χ3n) is 1.98. The highest BCUT2D eigenvalue weighted by molar-refractivity contribution is 5.67. The molecule has 0 spiro atoms. The minimum Gasteiger partial charge on any atom is -0.481 e. The lowest BCUT2D eigenvalue weighted by atomic mass is 10.2. The van der Waals surface area contributed by atoms with E-state index in [4.69, 9.17) is 10.8 Å². The number of carboxylic acid groups (broad SMARTS) is 1.